The van der Waals surface area contributed by atoms with E-state index in [9.17, 15) is 0 Å². The van der Waals surface area contributed by atoms with Crippen LogP contribution < -0.4 is 0 Å². The number of hydrogen-bond acceptors (Lipinski definition) is 1. The van der Waals surface area contributed by atoms with E-state index < -0.39 is 0 Å². The zero-order valence-corrected chi connectivity index (χ0v) is 23.0. The maximum absolute atomic E-state index is 9.04. The molecule has 0 saturated heterocycles. The van der Waals surface area contributed by atoms with E-state index in [1.165, 1.54) is 54.9 Å². The van der Waals surface area contributed by atoms with Gasteiger partial charge in [0.15, 0.2) is 0 Å². The summed E-state index contributed by atoms with van der Waals surface area (Å²) in [6.45, 7) is 0. The summed E-state index contributed by atoms with van der Waals surface area (Å²) in [5.74, 6) is 0. The lowest BCUT2D eigenvalue weighted by Crippen LogP contribution is -1.91. The van der Waals surface area contributed by atoms with Gasteiger partial charge in [-0.2, -0.15) is 5.26 Å². The van der Waals surface area contributed by atoms with Gasteiger partial charge in [-0.05, 0) is 78.2 Å². The quantitative estimate of drug-likeness (QED) is 0.159. The average molecular weight is 534 g/mol. The van der Waals surface area contributed by atoms with E-state index in [1.54, 1.807) is 0 Å². The summed E-state index contributed by atoms with van der Waals surface area (Å²) >= 11 is 0. The van der Waals surface area contributed by atoms with Gasteiger partial charge in [0.2, 0.25) is 0 Å². The molecule has 0 aromatic heterocycles. The number of benzene rings is 7. The summed E-state index contributed by atoms with van der Waals surface area (Å²) in [5, 5.41) is 14.0. The van der Waals surface area contributed by atoms with E-state index in [-0.39, 0.29) is 0 Å². The maximum atomic E-state index is 9.04. The van der Waals surface area contributed by atoms with Gasteiger partial charge in [0.05, 0.1) is 11.6 Å². The van der Waals surface area contributed by atoms with E-state index >= 15 is 0 Å². The van der Waals surface area contributed by atoms with Crippen LogP contribution in [-0.4, -0.2) is 0 Å². The van der Waals surface area contributed by atoms with Gasteiger partial charge >= 0.3 is 0 Å². The van der Waals surface area contributed by atoms with Crippen molar-refractivity contribution in [3.63, 3.8) is 0 Å². The molecule has 0 amide bonds. The molecule has 0 fully saturated rings. The molecule has 0 bridgehead atoms. The molecule has 1 heteroatoms. The molecule has 0 saturated carbocycles. The predicted molar refractivity (Wildman–Crippen MR) is 178 cm³/mol. The van der Waals surface area contributed by atoms with Crippen LogP contribution in [0.15, 0.2) is 152 Å². The fraction of sp³-hybridized carbons (Fsp3) is 0. The first-order valence-electron chi connectivity index (χ1n) is 14.2. The van der Waals surface area contributed by atoms with Crippen molar-refractivity contribution in [1.29, 1.82) is 5.26 Å². The van der Waals surface area contributed by atoms with Crippen LogP contribution in [0.5, 0.6) is 0 Å². The van der Waals surface area contributed by atoms with Crippen LogP contribution in [0.3, 0.4) is 0 Å². The number of hydrogen-bond donors (Lipinski definition) is 0. The Kier molecular flexibility index (Phi) is 6.65. The molecule has 0 unspecified atom stereocenters. The fourth-order valence-electron chi connectivity index (χ4n) is 5.83. The van der Waals surface area contributed by atoms with E-state index in [1.807, 2.05) is 24.3 Å². The molecule has 0 N–H and O–H groups in total. The third kappa shape index (κ3) is 4.77. The van der Waals surface area contributed by atoms with Crippen LogP contribution in [0.1, 0.15) is 16.7 Å². The van der Waals surface area contributed by atoms with Gasteiger partial charge < -0.3 is 0 Å². The third-order valence-corrected chi connectivity index (χ3v) is 7.92. The topological polar surface area (TPSA) is 23.8 Å². The molecule has 7 aromatic carbocycles. The number of fused-ring (bicyclic) bond motifs is 2. The Morgan fingerprint density at radius 1 is 0.357 bits per heavy atom. The van der Waals surface area contributed by atoms with Crippen LogP contribution in [0.4, 0.5) is 0 Å². The smallest absolute Gasteiger partial charge is 0.0991 e. The number of nitriles is 1. The van der Waals surface area contributed by atoms with Gasteiger partial charge in [0.1, 0.15) is 0 Å². The van der Waals surface area contributed by atoms with Crippen molar-refractivity contribution < 1.29 is 0 Å². The van der Waals surface area contributed by atoms with Crippen LogP contribution in [0, 0.1) is 11.3 Å². The molecule has 0 heterocycles. The molecule has 42 heavy (non-hydrogen) atoms. The normalized spacial score (nSPS) is 11.2. The molecule has 1 nitrogen and oxygen atoms in total. The Morgan fingerprint density at radius 2 is 0.714 bits per heavy atom. The van der Waals surface area contributed by atoms with Crippen molar-refractivity contribution in [2.75, 3.05) is 0 Å². The van der Waals surface area contributed by atoms with Crippen molar-refractivity contribution in [3.8, 4) is 39.4 Å². The lowest BCUT2D eigenvalue weighted by molar-refractivity contribution is 1.48. The summed E-state index contributed by atoms with van der Waals surface area (Å²) in [4.78, 5) is 0. The van der Waals surface area contributed by atoms with Crippen LogP contribution in [0.25, 0.3) is 67.1 Å². The first-order chi connectivity index (χ1) is 20.8. The SMILES string of the molecule is N#Cc1ccc(/C=C/c2ccc(-c3c4ccccc4c(-c4ccc(-c5ccccc5)cc4)c4ccccc34)cc2)cc1. The van der Waals surface area contributed by atoms with Gasteiger partial charge in [-0.15, -0.1) is 0 Å². The highest BCUT2D eigenvalue weighted by atomic mass is 14.2. The molecule has 7 rings (SSSR count). The molecule has 0 aliphatic heterocycles. The lowest BCUT2D eigenvalue weighted by Gasteiger charge is -2.18. The first-order valence-corrected chi connectivity index (χ1v) is 14.2. The van der Waals surface area contributed by atoms with Crippen molar-refractivity contribution >= 4 is 33.7 Å². The van der Waals surface area contributed by atoms with E-state index in [0.29, 0.717) is 5.56 Å². The van der Waals surface area contributed by atoms with Crippen molar-refractivity contribution in [2.24, 2.45) is 0 Å². The van der Waals surface area contributed by atoms with Crippen LogP contribution in [0.2, 0.25) is 0 Å². The van der Waals surface area contributed by atoms with Gasteiger partial charge in [-0.1, -0.05) is 152 Å². The summed E-state index contributed by atoms with van der Waals surface area (Å²) in [6, 6.07) is 55.7. The highest BCUT2D eigenvalue weighted by molar-refractivity contribution is 6.21. The zero-order valence-electron chi connectivity index (χ0n) is 23.0. The minimum absolute atomic E-state index is 0.672. The highest BCUT2D eigenvalue weighted by Gasteiger charge is 2.16. The highest BCUT2D eigenvalue weighted by Crippen LogP contribution is 2.43. The second-order valence-electron chi connectivity index (χ2n) is 10.5. The van der Waals surface area contributed by atoms with E-state index in [2.05, 4.69) is 146 Å². The standard InChI is InChI=1S/C41H27N/c42-28-31-18-16-29(17-19-31)14-15-30-20-22-34(23-21-30)40-36-10-4-6-12-38(36)41(39-13-7-5-11-37(39)40)35-26-24-33(25-27-35)32-8-2-1-3-9-32/h1-27H/b15-14+. The van der Waals surface area contributed by atoms with Gasteiger partial charge in [0.25, 0.3) is 0 Å². The number of rotatable bonds is 5. The first kappa shape index (κ1) is 25.3. The minimum atomic E-state index is 0.672. The Hall–Kier alpha value is -5.71. The van der Waals surface area contributed by atoms with Crippen molar-refractivity contribution in [1.82, 2.24) is 0 Å². The minimum Gasteiger partial charge on any atom is -0.192 e. The van der Waals surface area contributed by atoms with Crippen molar-refractivity contribution in [3.05, 3.63) is 168 Å². The molecule has 0 aliphatic carbocycles. The molecule has 0 spiro atoms. The average Bonchev–Trinajstić information content (AvgIpc) is 3.07. The Morgan fingerprint density at radius 3 is 1.17 bits per heavy atom. The summed E-state index contributed by atoms with van der Waals surface area (Å²) < 4.78 is 0. The maximum Gasteiger partial charge on any atom is 0.0991 e. The molecule has 7 aromatic rings. The summed E-state index contributed by atoms with van der Waals surface area (Å²) in [5.41, 5.74) is 10.3. The van der Waals surface area contributed by atoms with Gasteiger partial charge in [-0.3, -0.25) is 0 Å². The monoisotopic (exact) mass is 533 g/mol. The second-order valence-corrected chi connectivity index (χ2v) is 10.5. The Labute approximate surface area is 246 Å². The number of nitrogens with zero attached hydrogens (tertiary/aromatic N) is 1. The van der Waals surface area contributed by atoms with Gasteiger partial charge in [-0.25, -0.2) is 0 Å². The van der Waals surface area contributed by atoms with Crippen LogP contribution >= 0.6 is 0 Å². The lowest BCUT2D eigenvalue weighted by atomic mass is 9.85. The summed E-state index contributed by atoms with van der Waals surface area (Å²) in [6.07, 6.45) is 4.20. The molecular weight excluding hydrogens is 506 g/mol. The van der Waals surface area contributed by atoms with Crippen molar-refractivity contribution in [2.45, 2.75) is 0 Å². The second kappa shape index (κ2) is 11.0. The third-order valence-electron chi connectivity index (χ3n) is 7.92. The molecular formula is C41H27N. The molecule has 196 valence electrons. The fourth-order valence-corrected chi connectivity index (χ4v) is 5.83. The molecule has 0 radical (unpaired) electrons. The largest absolute Gasteiger partial charge is 0.192 e. The van der Waals surface area contributed by atoms with E-state index in [0.717, 1.165) is 11.1 Å². The van der Waals surface area contributed by atoms with Crippen LogP contribution in [-0.2, 0) is 0 Å². The molecule has 0 aliphatic rings. The van der Waals surface area contributed by atoms with Gasteiger partial charge in [0, 0.05) is 0 Å². The Balaban J connectivity index is 1.32. The Bertz CT molecular complexity index is 2040. The predicted octanol–water partition coefficient (Wildman–Crippen LogP) is 11.0. The molecule has 0 atom stereocenters. The summed E-state index contributed by atoms with van der Waals surface area (Å²) in [7, 11) is 0. The van der Waals surface area contributed by atoms with E-state index in [4.69, 9.17) is 5.26 Å². The zero-order chi connectivity index (χ0) is 28.3.